The lowest BCUT2D eigenvalue weighted by Crippen LogP contribution is -2.22. The van der Waals surface area contributed by atoms with E-state index in [2.05, 4.69) is 5.32 Å². The molecule has 6 heteroatoms. The van der Waals surface area contributed by atoms with Crippen molar-refractivity contribution in [2.24, 2.45) is 5.92 Å². The molecule has 0 radical (unpaired) electrons. The first-order valence-electron chi connectivity index (χ1n) is 7.04. The van der Waals surface area contributed by atoms with Gasteiger partial charge in [0.2, 0.25) is 5.91 Å². The molecule has 0 atom stereocenters. The normalized spacial score (nSPS) is 10.8. The molecule has 1 amide bonds. The van der Waals surface area contributed by atoms with Gasteiger partial charge in [-0.25, -0.2) is 0 Å². The molecule has 0 unspecified atom stereocenters. The Hall–Kier alpha value is -0.980. The van der Waals surface area contributed by atoms with E-state index in [0.717, 1.165) is 6.42 Å². The molecule has 6 nitrogen and oxygen atoms in total. The van der Waals surface area contributed by atoms with E-state index in [4.69, 9.17) is 14.2 Å². The summed E-state index contributed by atoms with van der Waals surface area (Å²) in [5, 5.41) is 2.69. The summed E-state index contributed by atoms with van der Waals surface area (Å²) in [5.41, 5.74) is 0. The molecule has 0 aromatic rings. The van der Waals surface area contributed by atoms with Gasteiger partial charge in [0.1, 0.15) is 6.61 Å². The van der Waals surface area contributed by atoms with E-state index in [1.807, 2.05) is 13.8 Å². The van der Waals surface area contributed by atoms with E-state index < -0.39 is 0 Å². The third kappa shape index (κ3) is 13.5. The summed E-state index contributed by atoms with van der Waals surface area (Å²) in [5.74, 6) is 0.0959. The first kappa shape index (κ1) is 19.0. The van der Waals surface area contributed by atoms with Crippen LogP contribution in [0.2, 0.25) is 0 Å². The molecule has 0 saturated heterocycles. The minimum absolute atomic E-state index is 0.0156. The lowest BCUT2D eigenvalue weighted by atomic mass is 10.1. The summed E-state index contributed by atoms with van der Waals surface area (Å²) in [7, 11) is 0. The Balaban J connectivity index is 3.10. The van der Waals surface area contributed by atoms with E-state index >= 15 is 0 Å². The number of ketones is 1. The van der Waals surface area contributed by atoms with E-state index in [-0.39, 0.29) is 24.2 Å². The second-order valence-corrected chi connectivity index (χ2v) is 4.73. The molecule has 118 valence electrons. The highest BCUT2D eigenvalue weighted by molar-refractivity contribution is 5.81. The topological polar surface area (TPSA) is 73.9 Å². The molecule has 0 heterocycles. The Morgan fingerprint density at radius 2 is 1.50 bits per heavy atom. The number of Topliss-reactive ketones (excluding diaryl/α,β-unsaturated/α-hetero) is 1. The average molecular weight is 289 g/mol. The van der Waals surface area contributed by atoms with Gasteiger partial charge in [0, 0.05) is 26.0 Å². The van der Waals surface area contributed by atoms with Gasteiger partial charge in [-0.05, 0) is 6.42 Å². The van der Waals surface area contributed by atoms with Gasteiger partial charge in [0.05, 0.1) is 26.4 Å². The lowest BCUT2D eigenvalue weighted by Gasteiger charge is -2.07. The molecule has 0 aliphatic carbocycles. The highest BCUT2D eigenvalue weighted by Crippen LogP contribution is 1.94. The molecular weight excluding hydrogens is 262 g/mol. The van der Waals surface area contributed by atoms with Crippen LogP contribution >= 0.6 is 0 Å². The number of amides is 1. The summed E-state index contributed by atoms with van der Waals surface area (Å²) >= 11 is 0. The average Bonchev–Trinajstić information content (AvgIpc) is 2.39. The van der Waals surface area contributed by atoms with Crippen LogP contribution in [0.3, 0.4) is 0 Å². The predicted molar refractivity (Wildman–Crippen MR) is 75.6 cm³/mol. The summed E-state index contributed by atoms with van der Waals surface area (Å²) in [6, 6.07) is 0. The molecule has 0 aliphatic rings. The van der Waals surface area contributed by atoms with Gasteiger partial charge >= 0.3 is 0 Å². The highest BCUT2D eigenvalue weighted by atomic mass is 16.5. The Morgan fingerprint density at radius 3 is 2.05 bits per heavy atom. The zero-order valence-electron chi connectivity index (χ0n) is 12.8. The molecule has 0 aromatic carbocycles. The zero-order chi connectivity index (χ0) is 15.2. The van der Waals surface area contributed by atoms with Crippen LogP contribution in [0.4, 0.5) is 0 Å². The van der Waals surface area contributed by atoms with Crippen LogP contribution in [0.5, 0.6) is 0 Å². The Labute approximate surface area is 121 Å². The summed E-state index contributed by atoms with van der Waals surface area (Å²) in [6.07, 6.45) is 0.792. The largest absolute Gasteiger partial charge is 0.379 e. The molecule has 1 N–H and O–H groups in total. The molecule has 0 aromatic heterocycles. The van der Waals surface area contributed by atoms with Crippen molar-refractivity contribution in [3.05, 3.63) is 0 Å². The summed E-state index contributed by atoms with van der Waals surface area (Å²) in [6.45, 7) is 8.48. The third-order valence-corrected chi connectivity index (χ3v) is 2.47. The molecular formula is C14H27NO5. The number of carbonyl (C=O) groups excluding carboxylic acids is 2. The fraction of sp³-hybridized carbons (Fsp3) is 0.857. The van der Waals surface area contributed by atoms with Crippen molar-refractivity contribution in [2.75, 3.05) is 46.2 Å². The molecule has 0 spiro atoms. The molecule has 0 bridgehead atoms. The number of rotatable bonds is 13. The smallest absolute Gasteiger partial charge is 0.216 e. The van der Waals surface area contributed by atoms with Gasteiger partial charge in [-0.15, -0.1) is 0 Å². The van der Waals surface area contributed by atoms with E-state index in [1.54, 1.807) is 0 Å². The van der Waals surface area contributed by atoms with Crippen molar-refractivity contribution in [3.63, 3.8) is 0 Å². The predicted octanol–water partition coefficient (Wildman–Crippen LogP) is 0.787. The van der Waals surface area contributed by atoms with Gasteiger partial charge in [0.25, 0.3) is 0 Å². The van der Waals surface area contributed by atoms with Gasteiger partial charge in [0.15, 0.2) is 5.78 Å². The van der Waals surface area contributed by atoms with E-state index in [0.29, 0.717) is 39.6 Å². The van der Waals surface area contributed by atoms with E-state index in [1.165, 1.54) is 6.92 Å². The number of carbonyl (C=O) groups is 2. The number of hydrogen-bond acceptors (Lipinski definition) is 5. The summed E-state index contributed by atoms with van der Waals surface area (Å²) in [4.78, 5) is 21.8. The van der Waals surface area contributed by atoms with Crippen LogP contribution in [0.1, 0.15) is 27.2 Å². The summed E-state index contributed by atoms with van der Waals surface area (Å²) < 4.78 is 15.8. The van der Waals surface area contributed by atoms with Crippen LogP contribution in [0.15, 0.2) is 0 Å². The maximum absolute atomic E-state index is 11.2. The van der Waals surface area contributed by atoms with Crippen LogP contribution in [0.25, 0.3) is 0 Å². The Kier molecular flexibility index (Phi) is 12.4. The van der Waals surface area contributed by atoms with Crippen molar-refractivity contribution in [1.82, 2.24) is 5.32 Å². The van der Waals surface area contributed by atoms with Gasteiger partial charge in [-0.3, -0.25) is 9.59 Å². The van der Waals surface area contributed by atoms with Gasteiger partial charge < -0.3 is 19.5 Å². The second-order valence-electron chi connectivity index (χ2n) is 4.73. The maximum atomic E-state index is 11.2. The Morgan fingerprint density at radius 1 is 0.950 bits per heavy atom. The van der Waals surface area contributed by atoms with E-state index in [9.17, 15) is 9.59 Å². The van der Waals surface area contributed by atoms with Crippen molar-refractivity contribution < 1.29 is 23.8 Å². The van der Waals surface area contributed by atoms with Crippen LogP contribution in [-0.4, -0.2) is 57.9 Å². The lowest BCUT2D eigenvalue weighted by molar-refractivity contribution is -0.127. The van der Waals surface area contributed by atoms with Crippen molar-refractivity contribution >= 4 is 11.7 Å². The molecule has 0 aliphatic heterocycles. The minimum Gasteiger partial charge on any atom is -0.379 e. The van der Waals surface area contributed by atoms with Crippen LogP contribution in [-0.2, 0) is 23.8 Å². The van der Waals surface area contributed by atoms with Crippen molar-refractivity contribution in [1.29, 1.82) is 0 Å². The minimum atomic E-state index is -0.0238. The Bertz CT molecular complexity index is 268. The standard InChI is InChI=1S/C14H27NO5/c1-12(2)14(17)11-20-10-9-19-8-7-18-6-4-5-15-13(3)16/h12H,4-11H2,1-3H3,(H,15,16). The van der Waals surface area contributed by atoms with Crippen LogP contribution in [0, 0.1) is 5.92 Å². The fourth-order valence-corrected chi connectivity index (χ4v) is 1.22. The fourth-order valence-electron chi connectivity index (χ4n) is 1.22. The van der Waals surface area contributed by atoms with Gasteiger partial charge in [-0.1, -0.05) is 13.8 Å². The quantitative estimate of drug-likeness (QED) is 0.507. The molecule has 0 fully saturated rings. The molecule has 0 rings (SSSR count). The maximum Gasteiger partial charge on any atom is 0.216 e. The zero-order valence-corrected chi connectivity index (χ0v) is 12.8. The second kappa shape index (κ2) is 13.0. The highest BCUT2D eigenvalue weighted by Gasteiger charge is 2.06. The van der Waals surface area contributed by atoms with Crippen LogP contribution < -0.4 is 5.32 Å². The number of hydrogen-bond donors (Lipinski definition) is 1. The first-order valence-corrected chi connectivity index (χ1v) is 7.04. The third-order valence-electron chi connectivity index (χ3n) is 2.47. The number of ether oxygens (including phenoxy) is 3. The van der Waals surface area contributed by atoms with Gasteiger partial charge in [-0.2, -0.15) is 0 Å². The monoisotopic (exact) mass is 289 g/mol. The number of nitrogens with one attached hydrogen (secondary N) is 1. The van der Waals surface area contributed by atoms with Crippen molar-refractivity contribution in [2.45, 2.75) is 27.2 Å². The van der Waals surface area contributed by atoms with Crippen molar-refractivity contribution in [3.8, 4) is 0 Å². The SMILES string of the molecule is CC(=O)NCCCOCCOCCOCC(=O)C(C)C. The molecule has 20 heavy (non-hydrogen) atoms. The molecule has 0 saturated carbocycles. The first-order chi connectivity index (χ1) is 9.54.